The highest BCUT2D eigenvalue weighted by Crippen LogP contribution is 2.16. The lowest BCUT2D eigenvalue weighted by molar-refractivity contribution is 0.0988. The number of para-hydroxylation sites is 1. The molecule has 1 amide bonds. The highest BCUT2D eigenvalue weighted by Gasteiger charge is 2.12. The topological polar surface area (TPSA) is 68.5 Å². The van der Waals surface area contributed by atoms with Gasteiger partial charge in [0.05, 0.1) is 0 Å². The molecule has 3 rings (SSSR count). The average Bonchev–Trinajstić information content (AvgIpc) is 3.10. The largest absolute Gasteiger partial charge is 0.486 e. The predicted octanol–water partition coefficient (Wildman–Crippen LogP) is 4.31. The zero-order chi connectivity index (χ0) is 17.6. The highest BCUT2D eigenvalue weighted by molar-refractivity contribution is 6.03. The molecular weight excluding hydrogens is 318 g/mol. The lowest BCUT2D eigenvalue weighted by Crippen LogP contribution is -2.11. The maximum atomic E-state index is 12.3. The number of amides is 1. The lowest BCUT2D eigenvalue weighted by atomic mass is 10.1. The van der Waals surface area contributed by atoms with Crippen LogP contribution in [0.3, 0.4) is 0 Å². The van der Waals surface area contributed by atoms with Crippen LogP contribution in [0.2, 0.25) is 0 Å². The Morgan fingerprint density at radius 3 is 2.56 bits per heavy atom. The summed E-state index contributed by atoms with van der Waals surface area (Å²) in [5.74, 6) is 1.01. The predicted molar refractivity (Wildman–Crippen MR) is 93.9 cm³/mol. The van der Waals surface area contributed by atoms with E-state index in [1.54, 1.807) is 36.4 Å². The number of rotatable bonds is 6. The van der Waals surface area contributed by atoms with Crippen LogP contribution in [0, 0.1) is 0 Å². The van der Waals surface area contributed by atoms with E-state index < -0.39 is 0 Å². The Labute approximate surface area is 145 Å². The van der Waals surface area contributed by atoms with Crippen LogP contribution in [0.15, 0.2) is 71.1 Å². The third-order valence-corrected chi connectivity index (χ3v) is 3.54. The van der Waals surface area contributed by atoms with E-state index in [1.165, 1.54) is 6.92 Å². The molecule has 0 fully saturated rings. The molecule has 2 aromatic carbocycles. The Morgan fingerprint density at radius 2 is 1.80 bits per heavy atom. The molecule has 0 atom stereocenters. The van der Waals surface area contributed by atoms with E-state index in [1.807, 2.05) is 30.3 Å². The van der Waals surface area contributed by atoms with Gasteiger partial charge in [0.15, 0.2) is 11.5 Å². The molecule has 25 heavy (non-hydrogen) atoms. The Morgan fingerprint density at radius 1 is 1.00 bits per heavy atom. The number of anilines is 1. The second-order valence-corrected chi connectivity index (χ2v) is 5.46. The molecule has 5 nitrogen and oxygen atoms in total. The van der Waals surface area contributed by atoms with Crippen molar-refractivity contribution < 1.29 is 18.7 Å². The number of ketones is 1. The average molecular weight is 335 g/mol. The normalized spacial score (nSPS) is 10.3. The molecule has 0 aliphatic carbocycles. The SMILES string of the molecule is CC(=O)c1cccc(NC(=O)c2ccc(COc3ccccc3)o2)c1. The Bertz CT molecular complexity index is 883. The number of ether oxygens (including phenoxy) is 1. The number of carbonyl (C=O) groups is 2. The van der Waals surface area contributed by atoms with Gasteiger partial charge in [0.2, 0.25) is 0 Å². The smallest absolute Gasteiger partial charge is 0.291 e. The summed E-state index contributed by atoms with van der Waals surface area (Å²) >= 11 is 0. The summed E-state index contributed by atoms with van der Waals surface area (Å²) in [6, 6.07) is 19.4. The van der Waals surface area contributed by atoms with E-state index in [2.05, 4.69) is 5.32 Å². The monoisotopic (exact) mass is 335 g/mol. The second-order valence-electron chi connectivity index (χ2n) is 5.46. The summed E-state index contributed by atoms with van der Waals surface area (Å²) in [5.41, 5.74) is 1.07. The van der Waals surface area contributed by atoms with Crippen LogP contribution < -0.4 is 10.1 Å². The number of Topliss-reactive ketones (excluding diaryl/α,β-unsaturated/α-hetero) is 1. The van der Waals surface area contributed by atoms with Crippen LogP contribution >= 0.6 is 0 Å². The van der Waals surface area contributed by atoms with E-state index in [4.69, 9.17) is 9.15 Å². The number of benzene rings is 2. The van der Waals surface area contributed by atoms with Gasteiger partial charge in [-0.2, -0.15) is 0 Å². The fraction of sp³-hybridized carbons (Fsp3) is 0.100. The molecule has 0 aliphatic rings. The van der Waals surface area contributed by atoms with Gasteiger partial charge >= 0.3 is 0 Å². The Balaban J connectivity index is 1.62. The number of furan rings is 1. The van der Waals surface area contributed by atoms with Gasteiger partial charge in [0.1, 0.15) is 18.1 Å². The van der Waals surface area contributed by atoms with Crippen LogP contribution in [0.5, 0.6) is 5.75 Å². The van der Waals surface area contributed by atoms with Crippen molar-refractivity contribution in [1.29, 1.82) is 0 Å². The van der Waals surface area contributed by atoms with Crippen molar-refractivity contribution in [3.8, 4) is 5.75 Å². The first-order chi connectivity index (χ1) is 12.1. The van der Waals surface area contributed by atoms with Crippen LogP contribution in [0.25, 0.3) is 0 Å². The standard InChI is InChI=1S/C20H17NO4/c1-14(22)15-6-5-7-16(12-15)21-20(23)19-11-10-18(25-19)13-24-17-8-3-2-4-9-17/h2-12H,13H2,1H3,(H,21,23). The maximum Gasteiger partial charge on any atom is 0.291 e. The van der Waals surface area contributed by atoms with Crippen molar-refractivity contribution in [2.75, 3.05) is 5.32 Å². The molecule has 0 radical (unpaired) electrons. The van der Waals surface area contributed by atoms with E-state index in [9.17, 15) is 9.59 Å². The van der Waals surface area contributed by atoms with Crippen molar-refractivity contribution in [3.05, 3.63) is 83.8 Å². The van der Waals surface area contributed by atoms with Crippen LogP contribution in [-0.2, 0) is 6.61 Å². The van der Waals surface area contributed by atoms with Gasteiger partial charge < -0.3 is 14.5 Å². The van der Waals surface area contributed by atoms with E-state index in [0.29, 0.717) is 17.0 Å². The summed E-state index contributed by atoms with van der Waals surface area (Å²) in [6.07, 6.45) is 0. The molecule has 1 N–H and O–H groups in total. The Kier molecular flexibility index (Phi) is 4.95. The number of hydrogen-bond acceptors (Lipinski definition) is 4. The van der Waals surface area contributed by atoms with Gasteiger partial charge in [0, 0.05) is 11.3 Å². The van der Waals surface area contributed by atoms with Crippen LogP contribution in [0.1, 0.15) is 33.6 Å². The van der Waals surface area contributed by atoms with Crippen molar-refractivity contribution >= 4 is 17.4 Å². The maximum absolute atomic E-state index is 12.3. The minimum atomic E-state index is -0.383. The summed E-state index contributed by atoms with van der Waals surface area (Å²) in [7, 11) is 0. The van der Waals surface area contributed by atoms with Crippen molar-refractivity contribution in [2.45, 2.75) is 13.5 Å². The lowest BCUT2D eigenvalue weighted by Gasteiger charge is -2.05. The quantitative estimate of drug-likeness (QED) is 0.681. The number of hydrogen-bond donors (Lipinski definition) is 1. The first-order valence-corrected chi connectivity index (χ1v) is 7.81. The second kappa shape index (κ2) is 7.49. The highest BCUT2D eigenvalue weighted by atomic mass is 16.5. The first kappa shape index (κ1) is 16.5. The van der Waals surface area contributed by atoms with Gasteiger partial charge in [-0.05, 0) is 43.3 Å². The molecular formula is C20H17NO4. The molecule has 5 heteroatoms. The van der Waals surface area contributed by atoms with Gasteiger partial charge in [0.25, 0.3) is 5.91 Å². The molecule has 0 aliphatic heterocycles. The number of carbonyl (C=O) groups excluding carboxylic acids is 2. The molecule has 1 aromatic heterocycles. The summed E-state index contributed by atoms with van der Waals surface area (Å²) in [5, 5.41) is 2.71. The molecule has 0 bridgehead atoms. The molecule has 0 saturated carbocycles. The minimum Gasteiger partial charge on any atom is -0.486 e. The molecule has 1 heterocycles. The van der Waals surface area contributed by atoms with Crippen LogP contribution in [-0.4, -0.2) is 11.7 Å². The molecule has 0 saturated heterocycles. The minimum absolute atomic E-state index is 0.0607. The number of nitrogens with one attached hydrogen (secondary N) is 1. The fourth-order valence-corrected chi connectivity index (χ4v) is 2.26. The van der Waals surface area contributed by atoms with Crippen molar-refractivity contribution in [1.82, 2.24) is 0 Å². The third-order valence-electron chi connectivity index (χ3n) is 3.54. The van der Waals surface area contributed by atoms with Crippen molar-refractivity contribution in [3.63, 3.8) is 0 Å². The molecule has 0 unspecified atom stereocenters. The van der Waals surface area contributed by atoms with Gasteiger partial charge in [-0.1, -0.05) is 30.3 Å². The Hall–Kier alpha value is -3.34. The molecule has 126 valence electrons. The van der Waals surface area contributed by atoms with Gasteiger partial charge in [-0.25, -0.2) is 0 Å². The molecule has 3 aromatic rings. The summed E-state index contributed by atoms with van der Waals surface area (Å²) in [4.78, 5) is 23.7. The van der Waals surface area contributed by atoms with E-state index in [-0.39, 0.29) is 24.1 Å². The van der Waals surface area contributed by atoms with Crippen LogP contribution in [0.4, 0.5) is 5.69 Å². The zero-order valence-electron chi connectivity index (χ0n) is 13.7. The van der Waals surface area contributed by atoms with E-state index >= 15 is 0 Å². The van der Waals surface area contributed by atoms with E-state index in [0.717, 1.165) is 5.75 Å². The first-order valence-electron chi connectivity index (χ1n) is 7.81. The zero-order valence-corrected chi connectivity index (χ0v) is 13.7. The van der Waals surface area contributed by atoms with Gasteiger partial charge in [-0.15, -0.1) is 0 Å². The fourth-order valence-electron chi connectivity index (χ4n) is 2.26. The molecule has 0 spiro atoms. The third kappa shape index (κ3) is 4.35. The van der Waals surface area contributed by atoms with Gasteiger partial charge in [-0.3, -0.25) is 9.59 Å². The summed E-state index contributed by atoms with van der Waals surface area (Å²) < 4.78 is 11.1. The van der Waals surface area contributed by atoms with Crippen molar-refractivity contribution in [2.24, 2.45) is 0 Å². The summed E-state index contributed by atoms with van der Waals surface area (Å²) in [6.45, 7) is 1.71.